The zero-order chi connectivity index (χ0) is 25.8. The molecule has 2 heterocycles. The van der Waals surface area contributed by atoms with Crippen molar-refractivity contribution in [2.75, 3.05) is 19.6 Å². The van der Waals surface area contributed by atoms with Crippen LogP contribution in [0.1, 0.15) is 46.9 Å². The van der Waals surface area contributed by atoms with Crippen LogP contribution in [-0.2, 0) is 5.60 Å². The SMILES string of the molecule is Cl.O=C(c1nccn1-c1ccccc1)C(CCN1CCC(O)(c2ccccc2)CC1)c1ccc(Cl)c(Cl)c1. The molecule has 0 amide bonds. The molecule has 4 aromatic rings. The van der Waals surface area contributed by atoms with Gasteiger partial charge in [0.1, 0.15) is 0 Å². The van der Waals surface area contributed by atoms with E-state index in [9.17, 15) is 9.90 Å². The molecule has 3 aromatic carbocycles. The summed E-state index contributed by atoms with van der Waals surface area (Å²) in [5, 5.41) is 12.1. The smallest absolute Gasteiger partial charge is 0.206 e. The molecule has 0 bridgehead atoms. The lowest BCUT2D eigenvalue weighted by Gasteiger charge is -2.39. The maximum absolute atomic E-state index is 13.9. The molecule has 5 nitrogen and oxygen atoms in total. The number of likely N-dealkylation sites (tertiary alicyclic amines) is 1. The first kappa shape index (κ1) is 28.3. The van der Waals surface area contributed by atoms with Crippen LogP contribution in [0.15, 0.2) is 91.3 Å². The van der Waals surface area contributed by atoms with Crippen molar-refractivity contribution in [3.05, 3.63) is 118 Å². The van der Waals surface area contributed by atoms with Crippen molar-refractivity contribution >= 4 is 41.4 Å². The van der Waals surface area contributed by atoms with Gasteiger partial charge in [0.2, 0.25) is 5.78 Å². The second kappa shape index (κ2) is 12.5. The number of imidazole rings is 1. The van der Waals surface area contributed by atoms with E-state index in [-0.39, 0.29) is 18.2 Å². The first-order chi connectivity index (χ1) is 17.9. The molecule has 38 heavy (non-hydrogen) atoms. The number of hydrogen-bond acceptors (Lipinski definition) is 4. The highest BCUT2D eigenvalue weighted by Gasteiger charge is 2.34. The molecule has 1 atom stereocenters. The van der Waals surface area contributed by atoms with Crippen LogP contribution in [0.5, 0.6) is 0 Å². The molecule has 0 saturated carbocycles. The van der Waals surface area contributed by atoms with Gasteiger partial charge in [0.05, 0.1) is 21.6 Å². The fourth-order valence-electron chi connectivity index (χ4n) is 5.11. The van der Waals surface area contributed by atoms with Gasteiger partial charge in [-0.3, -0.25) is 9.36 Å². The molecule has 1 fully saturated rings. The molecule has 1 aliphatic heterocycles. The number of halogens is 3. The van der Waals surface area contributed by atoms with Crippen LogP contribution in [0, 0.1) is 0 Å². The highest BCUT2D eigenvalue weighted by atomic mass is 35.5. The van der Waals surface area contributed by atoms with Crippen molar-refractivity contribution in [3.8, 4) is 5.69 Å². The zero-order valence-electron chi connectivity index (χ0n) is 20.8. The molecular weight excluding hydrogens is 541 g/mol. The number of rotatable bonds is 8. The number of aliphatic hydroxyl groups is 1. The lowest BCUT2D eigenvalue weighted by Crippen LogP contribution is -2.43. The van der Waals surface area contributed by atoms with Gasteiger partial charge in [-0.25, -0.2) is 4.98 Å². The number of ketones is 1. The average molecular weight is 571 g/mol. The number of carbonyl (C=O) groups excluding carboxylic acids is 1. The van der Waals surface area contributed by atoms with Crippen molar-refractivity contribution in [3.63, 3.8) is 0 Å². The lowest BCUT2D eigenvalue weighted by atomic mass is 9.84. The molecule has 198 valence electrons. The summed E-state index contributed by atoms with van der Waals surface area (Å²) in [5.41, 5.74) is 1.86. The van der Waals surface area contributed by atoms with E-state index in [0.29, 0.717) is 41.7 Å². The Kier molecular flexibility index (Phi) is 9.29. The van der Waals surface area contributed by atoms with Crippen LogP contribution < -0.4 is 0 Å². The third-order valence-corrected chi connectivity index (χ3v) is 8.03. The number of para-hydroxylation sites is 1. The summed E-state index contributed by atoms with van der Waals surface area (Å²) in [6, 6.07) is 25.0. The van der Waals surface area contributed by atoms with Gasteiger partial charge >= 0.3 is 0 Å². The Morgan fingerprint density at radius 2 is 1.61 bits per heavy atom. The largest absolute Gasteiger partial charge is 0.385 e. The van der Waals surface area contributed by atoms with Crippen molar-refractivity contribution in [2.24, 2.45) is 0 Å². The van der Waals surface area contributed by atoms with Crippen molar-refractivity contribution in [1.82, 2.24) is 14.5 Å². The summed E-state index contributed by atoms with van der Waals surface area (Å²) < 4.78 is 1.83. The minimum absolute atomic E-state index is 0. The second-order valence-corrected chi connectivity index (χ2v) is 10.4. The monoisotopic (exact) mass is 569 g/mol. The molecule has 0 spiro atoms. The van der Waals surface area contributed by atoms with E-state index in [1.54, 1.807) is 18.3 Å². The van der Waals surface area contributed by atoms with Gasteiger partial charge in [-0.2, -0.15) is 0 Å². The molecule has 0 aliphatic carbocycles. The number of Topliss-reactive ketones (excluding diaryl/α,β-unsaturated/α-hetero) is 1. The Hall–Kier alpha value is -2.67. The molecule has 1 unspecified atom stereocenters. The lowest BCUT2D eigenvalue weighted by molar-refractivity contribution is -0.0262. The van der Waals surface area contributed by atoms with Gasteiger partial charge in [0.25, 0.3) is 0 Å². The molecule has 5 rings (SSSR count). The van der Waals surface area contributed by atoms with E-state index in [1.807, 2.05) is 77.5 Å². The molecule has 8 heteroatoms. The van der Waals surface area contributed by atoms with Crippen LogP contribution in [0.25, 0.3) is 5.69 Å². The standard InChI is InChI=1S/C30H29Cl2N3O2.ClH/c31-26-12-11-22(21-27(26)32)25(28(36)29-33-16-20-35(29)24-9-5-2-6-10-24)13-17-34-18-14-30(37,15-19-34)23-7-3-1-4-8-23;/h1-12,16,20-21,25,37H,13-15,17-19H2;1H. The van der Waals surface area contributed by atoms with E-state index >= 15 is 0 Å². The van der Waals surface area contributed by atoms with Crippen LogP contribution in [0.2, 0.25) is 10.0 Å². The summed E-state index contributed by atoms with van der Waals surface area (Å²) in [5.74, 6) is -0.112. The number of nitrogens with zero attached hydrogens (tertiary/aromatic N) is 3. The molecule has 1 N–H and O–H groups in total. The number of hydrogen-bond donors (Lipinski definition) is 1. The van der Waals surface area contributed by atoms with Crippen molar-refractivity contribution in [2.45, 2.75) is 30.8 Å². The van der Waals surface area contributed by atoms with E-state index in [4.69, 9.17) is 23.2 Å². The van der Waals surface area contributed by atoms with E-state index in [2.05, 4.69) is 9.88 Å². The summed E-state index contributed by atoms with van der Waals surface area (Å²) >= 11 is 12.5. The maximum atomic E-state index is 13.9. The number of benzene rings is 3. The Morgan fingerprint density at radius 1 is 0.947 bits per heavy atom. The highest BCUT2D eigenvalue weighted by Crippen LogP contribution is 2.34. The van der Waals surface area contributed by atoms with E-state index in [0.717, 1.165) is 29.9 Å². The minimum Gasteiger partial charge on any atom is -0.385 e. The van der Waals surface area contributed by atoms with E-state index in [1.165, 1.54) is 0 Å². The van der Waals surface area contributed by atoms with Crippen molar-refractivity contribution < 1.29 is 9.90 Å². The predicted octanol–water partition coefficient (Wildman–Crippen LogP) is 6.94. The molecule has 1 aromatic heterocycles. The topological polar surface area (TPSA) is 58.4 Å². The zero-order valence-corrected chi connectivity index (χ0v) is 23.2. The Bertz CT molecular complexity index is 1350. The Morgan fingerprint density at radius 3 is 2.26 bits per heavy atom. The van der Waals surface area contributed by atoms with Gasteiger partial charge < -0.3 is 10.0 Å². The quantitative estimate of drug-likeness (QED) is 0.233. The molecule has 0 radical (unpaired) electrons. The van der Waals surface area contributed by atoms with Gasteiger partial charge in [0.15, 0.2) is 5.82 Å². The number of aromatic nitrogens is 2. The van der Waals surface area contributed by atoms with Crippen LogP contribution in [0.3, 0.4) is 0 Å². The first-order valence-electron chi connectivity index (χ1n) is 12.5. The van der Waals surface area contributed by atoms with Gasteiger partial charge in [-0.05, 0) is 61.2 Å². The summed E-state index contributed by atoms with van der Waals surface area (Å²) in [6.45, 7) is 2.23. The fraction of sp³-hybridized carbons (Fsp3) is 0.267. The third-order valence-electron chi connectivity index (χ3n) is 7.29. The van der Waals surface area contributed by atoms with Gasteiger partial charge in [0, 0.05) is 31.2 Å². The predicted molar refractivity (Wildman–Crippen MR) is 155 cm³/mol. The Balaban J connectivity index is 0.00000336. The van der Waals surface area contributed by atoms with Crippen molar-refractivity contribution in [1.29, 1.82) is 0 Å². The second-order valence-electron chi connectivity index (χ2n) is 9.57. The summed E-state index contributed by atoms with van der Waals surface area (Å²) in [6.07, 6.45) is 5.37. The van der Waals surface area contributed by atoms with Gasteiger partial charge in [-0.15, -0.1) is 12.4 Å². The van der Waals surface area contributed by atoms with Crippen LogP contribution >= 0.6 is 35.6 Å². The number of piperidine rings is 1. The molecule has 1 saturated heterocycles. The highest BCUT2D eigenvalue weighted by molar-refractivity contribution is 6.42. The Labute approximate surface area is 239 Å². The molecular formula is C30H30Cl3N3O2. The fourth-order valence-corrected chi connectivity index (χ4v) is 5.42. The van der Waals surface area contributed by atoms with Gasteiger partial charge in [-0.1, -0.05) is 77.8 Å². The average Bonchev–Trinajstić information content (AvgIpc) is 3.43. The van der Waals surface area contributed by atoms with Crippen LogP contribution in [-0.4, -0.2) is 45.0 Å². The maximum Gasteiger partial charge on any atom is 0.206 e. The van der Waals surface area contributed by atoms with E-state index < -0.39 is 11.5 Å². The summed E-state index contributed by atoms with van der Waals surface area (Å²) in [4.78, 5) is 20.7. The first-order valence-corrected chi connectivity index (χ1v) is 13.3. The minimum atomic E-state index is -0.808. The van der Waals surface area contributed by atoms with Crippen LogP contribution in [0.4, 0.5) is 0 Å². The summed E-state index contributed by atoms with van der Waals surface area (Å²) in [7, 11) is 0. The third kappa shape index (κ3) is 6.14. The normalized spacial score (nSPS) is 16.0. The molecule has 1 aliphatic rings. The number of carbonyl (C=O) groups is 1.